The minimum absolute atomic E-state index is 0.0802. The molecule has 1 aromatic heterocycles. The van der Waals surface area contributed by atoms with Crippen LogP contribution in [0.2, 0.25) is 0 Å². The molecular formula is C16H20BrN5O3S. The highest BCUT2D eigenvalue weighted by Gasteiger charge is 2.37. The highest BCUT2D eigenvalue weighted by atomic mass is 79.9. The van der Waals surface area contributed by atoms with Crippen molar-refractivity contribution in [1.29, 1.82) is 0 Å². The molecule has 8 nitrogen and oxygen atoms in total. The van der Waals surface area contributed by atoms with E-state index in [9.17, 15) is 4.79 Å². The maximum atomic E-state index is 12.8. The summed E-state index contributed by atoms with van der Waals surface area (Å²) in [5.41, 5.74) is 4.32. The number of halogens is 1. The molecular weight excluding hydrogens is 422 g/mol. The molecule has 0 spiro atoms. The van der Waals surface area contributed by atoms with E-state index in [0.29, 0.717) is 18.3 Å². The van der Waals surface area contributed by atoms with Gasteiger partial charge in [-0.1, -0.05) is 17.8 Å². The average molecular weight is 442 g/mol. The Morgan fingerprint density at radius 1 is 1.42 bits per heavy atom. The summed E-state index contributed by atoms with van der Waals surface area (Å²) in [4.78, 5) is 12.8. The van der Waals surface area contributed by atoms with Gasteiger partial charge in [0.15, 0.2) is 0 Å². The summed E-state index contributed by atoms with van der Waals surface area (Å²) in [5.74, 6) is 1.39. The fraction of sp³-hybridized carbons (Fsp3) is 0.438. The van der Waals surface area contributed by atoms with E-state index in [1.165, 1.54) is 11.8 Å². The van der Waals surface area contributed by atoms with Crippen molar-refractivity contribution in [3.8, 4) is 5.75 Å². The van der Waals surface area contributed by atoms with E-state index in [4.69, 9.17) is 9.47 Å². The van der Waals surface area contributed by atoms with Crippen LogP contribution in [0, 0.1) is 6.92 Å². The predicted octanol–water partition coefficient (Wildman–Crippen LogP) is 1.88. The Morgan fingerprint density at radius 3 is 2.92 bits per heavy atom. The number of carbonyl (C=O) groups is 1. The van der Waals surface area contributed by atoms with Crippen LogP contribution < -0.4 is 15.5 Å². The summed E-state index contributed by atoms with van der Waals surface area (Å²) in [6.45, 7) is 2.78. The van der Waals surface area contributed by atoms with Crippen molar-refractivity contribution < 1.29 is 14.3 Å². The summed E-state index contributed by atoms with van der Waals surface area (Å²) in [7, 11) is 3.22. The molecule has 2 N–H and O–H groups in total. The minimum atomic E-state index is -0.400. The lowest BCUT2D eigenvalue weighted by Crippen LogP contribution is -2.44. The van der Waals surface area contributed by atoms with Crippen LogP contribution >= 0.6 is 27.7 Å². The van der Waals surface area contributed by atoms with Gasteiger partial charge in [-0.25, -0.2) is 4.68 Å². The summed E-state index contributed by atoms with van der Waals surface area (Å²) >= 11 is 4.90. The maximum absolute atomic E-state index is 12.8. The van der Waals surface area contributed by atoms with E-state index < -0.39 is 5.25 Å². The smallest absolute Gasteiger partial charge is 0.236 e. The van der Waals surface area contributed by atoms with Crippen molar-refractivity contribution in [1.82, 2.24) is 20.2 Å². The number of hydrogen-bond donors (Lipinski definition) is 2. The number of nitrogens with one attached hydrogen (secondary N) is 2. The van der Waals surface area contributed by atoms with E-state index in [2.05, 4.69) is 36.9 Å². The first-order valence-electron chi connectivity index (χ1n) is 8.00. The Kier molecular flexibility index (Phi) is 6.05. The van der Waals surface area contributed by atoms with Crippen molar-refractivity contribution in [2.75, 3.05) is 32.8 Å². The molecule has 2 unspecified atom stereocenters. The molecule has 2 atom stereocenters. The second-order valence-corrected chi connectivity index (χ2v) is 7.65. The Balaban J connectivity index is 1.91. The van der Waals surface area contributed by atoms with Crippen molar-refractivity contribution >= 4 is 33.6 Å². The molecule has 0 saturated heterocycles. The van der Waals surface area contributed by atoms with Gasteiger partial charge in [0.2, 0.25) is 11.1 Å². The molecule has 10 heteroatoms. The molecule has 1 aliphatic heterocycles. The first kappa shape index (κ1) is 19.0. The van der Waals surface area contributed by atoms with Crippen LogP contribution in [0.5, 0.6) is 5.75 Å². The number of methoxy groups -OCH3 is 2. The second-order valence-electron chi connectivity index (χ2n) is 5.69. The number of benzene rings is 1. The second kappa shape index (κ2) is 8.28. The summed E-state index contributed by atoms with van der Waals surface area (Å²) in [6.07, 6.45) is 0. The van der Waals surface area contributed by atoms with Crippen molar-refractivity contribution in [2.24, 2.45) is 0 Å². The van der Waals surface area contributed by atoms with E-state index in [0.717, 1.165) is 21.6 Å². The molecule has 3 rings (SSSR count). The third kappa shape index (κ3) is 3.81. The molecule has 0 aliphatic carbocycles. The van der Waals surface area contributed by atoms with Crippen LogP contribution in [0.4, 0.5) is 0 Å². The topological polar surface area (TPSA) is 90.3 Å². The predicted molar refractivity (Wildman–Crippen MR) is 102 cm³/mol. The summed E-state index contributed by atoms with van der Waals surface area (Å²) in [5, 5.41) is 11.4. The maximum Gasteiger partial charge on any atom is 0.236 e. The molecule has 0 radical (unpaired) electrons. The SMILES string of the molecule is COCCNC(=O)C1Sc2nnc(C)n2NC1c1ccc(OC)c(Br)c1. The summed E-state index contributed by atoms with van der Waals surface area (Å²) < 4.78 is 12.9. The van der Waals surface area contributed by atoms with Gasteiger partial charge in [-0.2, -0.15) is 0 Å². The first-order valence-corrected chi connectivity index (χ1v) is 9.67. The normalized spacial score (nSPS) is 18.8. The number of amides is 1. The fourth-order valence-electron chi connectivity index (χ4n) is 2.66. The van der Waals surface area contributed by atoms with Crippen molar-refractivity contribution in [2.45, 2.75) is 23.4 Å². The Morgan fingerprint density at radius 2 is 2.23 bits per heavy atom. The Labute approximate surface area is 164 Å². The van der Waals surface area contributed by atoms with Gasteiger partial charge in [0.25, 0.3) is 0 Å². The van der Waals surface area contributed by atoms with Crippen LogP contribution in [0.25, 0.3) is 0 Å². The fourth-order valence-corrected chi connectivity index (χ4v) is 4.37. The van der Waals surface area contributed by atoms with Gasteiger partial charge in [-0.3, -0.25) is 4.79 Å². The van der Waals surface area contributed by atoms with Gasteiger partial charge in [0.05, 0.1) is 24.2 Å². The van der Waals surface area contributed by atoms with E-state index in [1.54, 1.807) is 14.2 Å². The molecule has 0 fully saturated rings. The monoisotopic (exact) mass is 441 g/mol. The van der Waals surface area contributed by atoms with E-state index in [1.807, 2.05) is 29.8 Å². The van der Waals surface area contributed by atoms with Gasteiger partial charge in [0, 0.05) is 13.7 Å². The largest absolute Gasteiger partial charge is 0.496 e. The lowest BCUT2D eigenvalue weighted by atomic mass is 10.0. The zero-order valence-electron chi connectivity index (χ0n) is 14.7. The highest BCUT2D eigenvalue weighted by molar-refractivity contribution is 9.10. The standard InChI is InChI=1S/C16H20BrN5O3S/c1-9-19-20-16-22(9)21-13(10-4-5-12(25-3)11(17)8-10)14(26-16)15(23)18-6-7-24-2/h4-5,8,13-14,21H,6-7H2,1-3H3,(H,18,23). The van der Waals surface area contributed by atoms with Crippen LogP contribution in [0.1, 0.15) is 17.4 Å². The summed E-state index contributed by atoms with van der Waals surface area (Å²) in [6, 6.07) is 5.52. The van der Waals surface area contributed by atoms with Crippen molar-refractivity contribution in [3.63, 3.8) is 0 Å². The molecule has 1 aromatic carbocycles. The van der Waals surface area contributed by atoms with Gasteiger partial charge >= 0.3 is 0 Å². The Hall–Kier alpha value is -1.78. The number of hydrogen-bond acceptors (Lipinski definition) is 7. The number of carbonyl (C=O) groups excluding carboxylic acids is 1. The zero-order valence-corrected chi connectivity index (χ0v) is 17.1. The lowest BCUT2D eigenvalue weighted by Gasteiger charge is -2.33. The van der Waals surface area contributed by atoms with Crippen LogP contribution in [0.3, 0.4) is 0 Å². The number of thioether (sulfide) groups is 1. The molecule has 2 heterocycles. The minimum Gasteiger partial charge on any atom is -0.496 e. The van der Waals surface area contributed by atoms with E-state index in [-0.39, 0.29) is 11.9 Å². The molecule has 140 valence electrons. The number of ether oxygens (including phenoxy) is 2. The number of fused-ring (bicyclic) bond motifs is 1. The van der Waals surface area contributed by atoms with Crippen LogP contribution in [-0.4, -0.2) is 53.4 Å². The third-order valence-corrected chi connectivity index (χ3v) is 5.83. The quantitative estimate of drug-likeness (QED) is 0.661. The Bertz CT molecular complexity index is 800. The van der Waals surface area contributed by atoms with Crippen LogP contribution in [0.15, 0.2) is 27.8 Å². The number of aromatic nitrogens is 3. The zero-order chi connectivity index (χ0) is 18.7. The van der Waals surface area contributed by atoms with Gasteiger partial charge < -0.3 is 20.2 Å². The lowest BCUT2D eigenvalue weighted by molar-refractivity contribution is -0.121. The molecule has 0 bridgehead atoms. The first-order chi connectivity index (χ1) is 12.5. The highest BCUT2D eigenvalue weighted by Crippen LogP contribution is 2.38. The van der Waals surface area contributed by atoms with Gasteiger partial charge in [0.1, 0.15) is 16.8 Å². The molecule has 1 amide bonds. The van der Waals surface area contributed by atoms with Crippen molar-refractivity contribution in [3.05, 3.63) is 34.1 Å². The molecule has 26 heavy (non-hydrogen) atoms. The number of rotatable bonds is 6. The van der Waals surface area contributed by atoms with Crippen LogP contribution in [-0.2, 0) is 9.53 Å². The average Bonchev–Trinajstić information content (AvgIpc) is 3.01. The van der Waals surface area contributed by atoms with Gasteiger partial charge in [-0.15, -0.1) is 10.2 Å². The third-order valence-electron chi connectivity index (χ3n) is 4.00. The molecule has 0 saturated carbocycles. The number of aryl methyl sites for hydroxylation is 1. The molecule has 1 aliphatic rings. The van der Waals surface area contributed by atoms with E-state index >= 15 is 0 Å². The number of nitrogens with zero attached hydrogens (tertiary/aromatic N) is 3. The molecule has 2 aromatic rings. The van der Waals surface area contributed by atoms with Gasteiger partial charge in [-0.05, 0) is 40.5 Å².